The van der Waals surface area contributed by atoms with Crippen LogP contribution in [0.5, 0.6) is 0 Å². The number of hydrogen-bond acceptors (Lipinski definition) is 2. The molecule has 1 heterocycles. The number of nitrogens with two attached hydrogens (primary N) is 1. The molecule has 1 unspecified atom stereocenters. The maximum atomic E-state index is 6.28. The molecule has 3 nitrogen and oxygen atoms in total. The van der Waals surface area contributed by atoms with E-state index >= 15 is 0 Å². The van der Waals surface area contributed by atoms with Crippen molar-refractivity contribution in [2.24, 2.45) is 5.73 Å². The number of imidazole rings is 1. The van der Waals surface area contributed by atoms with Crippen LogP contribution in [-0.2, 0) is 6.54 Å². The first-order chi connectivity index (χ1) is 8.63. The van der Waals surface area contributed by atoms with Gasteiger partial charge in [0.05, 0.1) is 6.04 Å². The lowest BCUT2D eigenvalue weighted by Gasteiger charge is -2.15. The quantitative estimate of drug-likeness (QED) is 0.920. The van der Waals surface area contributed by atoms with Crippen LogP contribution in [0.2, 0.25) is 5.02 Å². The van der Waals surface area contributed by atoms with Crippen LogP contribution in [0.15, 0.2) is 30.6 Å². The fourth-order valence-electron chi connectivity index (χ4n) is 2.04. The molecule has 1 aromatic heterocycles. The molecule has 0 aliphatic carbocycles. The number of hydrogen-bond donors (Lipinski definition) is 1. The first-order valence-electron chi connectivity index (χ1n) is 6.16. The van der Waals surface area contributed by atoms with Gasteiger partial charge in [0.2, 0.25) is 0 Å². The molecule has 0 bridgehead atoms. The normalized spacial score (nSPS) is 12.7. The van der Waals surface area contributed by atoms with Crippen LogP contribution in [0.3, 0.4) is 0 Å². The molecule has 1 atom stereocenters. The first kappa shape index (κ1) is 13.1. The van der Waals surface area contributed by atoms with Crippen molar-refractivity contribution < 1.29 is 0 Å². The number of benzene rings is 1. The van der Waals surface area contributed by atoms with Gasteiger partial charge in [0.25, 0.3) is 0 Å². The lowest BCUT2D eigenvalue weighted by molar-refractivity contribution is 0.613. The van der Waals surface area contributed by atoms with Crippen molar-refractivity contribution in [2.45, 2.75) is 32.9 Å². The zero-order chi connectivity index (χ0) is 13.1. The highest BCUT2D eigenvalue weighted by atomic mass is 35.5. The summed E-state index contributed by atoms with van der Waals surface area (Å²) in [5.41, 5.74) is 8.37. The lowest BCUT2D eigenvalue weighted by atomic mass is 10.0. The van der Waals surface area contributed by atoms with Gasteiger partial charge in [-0.05, 0) is 30.5 Å². The van der Waals surface area contributed by atoms with Crippen LogP contribution >= 0.6 is 11.6 Å². The molecule has 2 N–H and O–H groups in total. The molecule has 2 aromatic rings. The predicted octanol–water partition coefficient (Wildman–Crippen LogP) is 3.30. The van der Waals surface area contributed by atoms with Crippen molar-refractivity contribution in [3.63, 3.8) is 0 Å². The van der Waals surface area contributed by atoms with E-state index in [1.54, 1.807) is 6.20 Å². The summed E-state index contributed by atoms with van der Waals surface area (Å²) in [4.78, 5) is 4.37. The maximum absolute atomic E-state index is 6.28. The van der Waals surface area contributed by atoms with Crippen LogP contribution in [-0.4, -0.2) is 9.55 Å². The molecule has 0 amide bonds. The van der Waals surface area contributed by atoms with Crippen LogP contribution in [0.25, 0.3) is 0 Å². The molecular formula is C14H18ClN3. The van der Waals surface area contributed by atoms with Gasteiger partial charge in [0.15, 0.2) is 0 Å². The SMILES string of the molecule is CCCn1ccnc1C(N)c1ccc(Cl)c(C)c1. The Kier molecular flexibility index (Phi) is 4.04. The van der Waals surface area contributed by atoms with E-state index in [0.717, 1.165) is 34.9 Å². The molecule has 0 spiro atoms. The topological polar surface area (TPSA) is 43.8 Å². The highest BCUT2D eigenvalue weighted by Gasteiger charge is 2.15. The molecular weight excluding hydrogens is 246 g/mol. The van der Waals surface area contributed by atoms with Gasteiger partial charge in [-0.3, -0.25) is 0 Å². The van der Waals surface area contributed by atoms with Gasteiger partial charge in [-0.2, -0.15) is 0 Å². The Balaban J connectivity index is 2.32. The third-order valence-corrected chi connectivity index (χ3v) is 3.46. The molecule has 96 valence electrons. The van der Waals surface area contributed by atoms with E-state index in [-0.39, 0.29) is 6.04 Å². The van der Waals surface area contributed by atoms with E-state index in [1.165, 1.54) is 0 Å². The van der Waals surface area contributed by atoms with Crippen molar-refractivity contribution in [1.82, 2.24) is 9.55 Å². The average Bonchev–Trinajstić information content (AvgIpc) is 2.80. The maximum Gasteiger partial charge on any atom is 0.130 e. The summed E-state index contributed by atoms with van der Waals surface area (Å²) in [7, 11) is 0. The summed E-state index contributed by atoms with van der Waals surface area (Å²) < 4.78 is 2.11. The van der Waals surface area contributed by atoms with Gasteiger partial charge in [0.1, 0.15) is 5.82 Å². The minimum atomic E-state index is -0.206. The van der Waals surface area contributed by atoms with Crippen LogP contribution in [0.4, 0.5) is 0 Å². The Morgan fingerprint density at radius 1 is 1.44 bits per heavy atom. The summed E-state index contributed by atoms with van der Waals surface area (Å²) in [6.07, 6.45) is 4.84. The number of aromatic nitrogens is 2. The van der Waals surface area contributed by atoms with Crippen molar-refractivity contribution in [3.8, 4) is 0 Å². The summed E-state index contributed by atoms with van der Waals surface area (Å²) in [5, 5.41) is 0.767. The third-order valence-electron chi connectivity index (χ3n) is 3.03. The minimum Gasteiger partial charge on any atom is -0.333 e. The van der Waals surface area contributed by atoms with Gasteiger partial charge in [-0.15, -0.1) is 0 Å². The first-order valence-corrected chi connectivity index (χ1v) is 6.54. The molecule has 0 saturated carbocycles. The van der Waals surface area contributed by atoms with Crippen LogP contribution in [0.1, 0.15) is 36.3 Å². The van der Waals surface area contributed by atoms with Gasteiger partial charge < -0.3 is 10.3 Å². The Morgan fingerprint density at radius 2 is 2.22 bits per heavy atom. The van der Waals surface area contributed by atoms with Gasteiger partial charge in [0, 0.05) is 24.0 Å². The summed E-state index contributed by atoms with van der Waals surface area (Å²) in [5.74, 6) is 0.901. The highest BCUT2D eigenvalue weighted by molar-refractivity contribution is 6.31. The second-order valence-electron chi connectivity index (χ2n) is 4.47. The molecule has 0 radical (unpaired) electrons. The van der Waals surface area contributed by atoms with E-state index in [0.29, 0.717) is 0 Å². The van der Waals surface area contributed by atoms with Crippen molar-refractivity contribution >= 4 is 11.6 Å². The molecule has 0 fully saturated rings. The molecule has 0 saturated heterocycles. The molecule has 1 aromatic carbocycles. The largest absolute Gasteiger partial charge is 0.333 e. The Morgan fingerprint density at radius 3 is 2.89 bits per heavy atom. The van der Waals surface area contributed by atoms with Crippen molar-refractivity contribution in [3.05, 3.63) is 52.6 Å². The zero-order valence-corrected chi connectivity index (χ0v) is 11.5. The number of halogens is 1. The van der Waals surface area contributed by atoms with Crippen molar-refractivity contribution in [1.29, 1.82) is 0 Å². The van der Waals surface area contributed by atoms with E-state index < -0.39 is 0 Å². The Bertz CT molecular complexity index is 534. The number of rotatable bonds is 4. The third kappa shape index (κ3) is 2.57. The molecule has 2 rings (SSSR count). The average molecular weight is 264 g/mol. The fourth-order valence-corrected chi connectivity index (χ4v) is 2.16. The standard InChI is InChI=1S/C14H18ClN3/c1-3-7-18-8-6-17-14(18)13(16)11-4-5-12(15)10(2)9-11/h4-6,8-9,13H,3,7,16H2,1-2H3. The second-order valence-corrected chi connectivity index (χ2v) is 4.87. The van der Waals surface area contributed by atoms with E-state index in [2.05, 4.69) is 16.5 Å². The van der Waals surface area contributed by atoms with Crippen molar-refractivity contribution in [2.75, 3.05) is 0 Å². The fraction of sp³-hybridized carbons (Fsp3) is 0.357. The van der Waals surface area contributed by atoms with Gasteiger partial charge >= 0.3 is 0 Å². The Hall–Kier alpha value is -1.32. The minimum absolute atomic E-state index is 0.206. The van der Waals surface area contributed by atoms with Gasteiger partial charge in [-0.1, -0.05) is 30.7 Å². The van der Waals surface area contributed by atoms with Crippen LogP contribution in [0, 0.1) is 6.92 Å². The molecule has 4 heteroatoms. The van der Waals surface area contributed by atoms with E-state index in [1.807, 2.05) is 31.3 Å². The summed E-state index contributed by atoms with van der Waals surface area (Å²) in [6.45, 7) is 5.06. The van der Waals surface area contributed by atoms with Crippen LogP contribution < -0.4 is 5.73 Å². The smallest absolute Gasteiger partial charge is 0.130 e. The van der Waals surface area contributed by atoms with E-state index in [4.69, 9.17) is 17.3 Å². The monoisotopic (exact) mass is 263 g/mol. The number of nitrogens with zero attached hydrogens (tertiary/aromatic N) is 2. The molecule has 0 aliphatic heterocycles. The Labute approximate surface area is 113 Å². The lowest BCUT2D eigenvalue weighted by Crippen LogP contribution is -2.18. The number of aryl methyl sites for hydroxylation is 2. The van der Waals surface area contributed by atoms with E-state index in [9.17, 15) is 0 Å². The second kappa shape index (κ2) is 5.55. The molecule has 0 aliphatic rings. The molecule has 18 heavy (non-hydrogen) atoms. The predicted molar refractivity (Wildman–Crippen MR) is 74.7 cm³/mol. The summed E-state index contributed by atoms with van der Waals surface area (Å²) in [6, 6.07) is 5.67. The van der Waals surface area contributed by atoms with Gasteiger partial charge in [-0.25, -0.2) is 4.98 Å². The summed E-state index contributed by atoms with van der Waals surface area (Å²) >= 11 is 6.03. The zero-order valence-electron chi connectivity index (χ0n) is 10.7. The highest BCUT2D eigenvalue weighted by Crippen LogP contribution is 2.23.